The number of thioether (sulfide) groups is 1. The summed E-state index contributed by atoms with van der Waals surface area (Å²) >= 11 is 1.20. The van der Waals surface area contributed by atoms with Crippen molar-refractivity contribution in [1.82, 2.24) is 20.2 Å². The number of carboxylic acids is 1. The number of rotatable bonds is 4. The zero-order valence-electron chi connectivity index (χ0n) is 9.32. The molecule has 1 heterocycles. The van der Waals surface area contributed by atoms with Crippen LogP contribution >= 0.6 is 11.8 Å². The number of tetrazole rings is 1. The van der Waals surface area contributed by atoms with Crippen molar-refractivity contribution in [3.63, 3.8) is 0 Å². The van der Waals surface area contributed by atoms with Gasteiger partial charge in [0.15, 0.2) is 0 Å². The molecule has 0 saturated heterocycles. The van der Waals surface area contributed by atoms with E-state index in [0.29, 0.717) is 17.1 Å². The Morgan fingerprint density at radius 3 is 3.00 bits per heavy atom. The highest BCUT2D eigenvalue weighted by molar-refractivity contribution is 7.99. The number of nitrogens with zero attached hydrogens (tertiary/aromatic N) is 4. The van der Waals surface area contributed by atoms with Crippen LogP contribution in [-0.2, 0) is 4.79 Å². The van der Waals surface area contributed by atoms with E-state index in [-0.39, 0.29) is 5.75 Å². The van der Waals surface area contributed by atoms with Crippen LogP contribution in [-0.4, -0.2) is 37.0 Å². The van der Waals surface area contributed by atoms with Crippen LogP contribution in [0.25, 0.3) is 0 Å². The summed E-state index contributed by atoms with van der Waals surface area (Å²) in [7, 11) is 0. The number of aliphatic carboxylic acids is 1. The Morgan fingerprint density at radius 2 is 2.35 bits per heavy atom. The molecule has 2 bridgehead atoms. The molecule has 2 aliphatic carbocycles. The Bertz CT molecular complexity index is 436. The van der Waals surface area contributed by atoms with Gasteiger partial charge in [-0.05, 0) is 41.5 Å². The third-order valence-corrected chi connectivity index (χ3v) is 4.72. The first kappa shape index (κ1) is 11.0. The third kappa shape index (κ3) is 2.03. The Hall–Kier alpha value is -1.11. The Morgan fingerprint density at radius 1 is 1.47 bits per heavy atom. The highest BCUT2D eigenvalue weighted by Crippen LogP contribution is 2.50. The maximum Gasteiger partial charge on any atom is 0.313 e. The average molecular weight is 254 g/mol. The molecule has 3 unspecified atom stereocenters. The molecule has 2 saturated carbocycles. The van der Waals surface area contributed by atoms with Gasteiger partial charge in [0, 0.05) is 0 Å². The maximum atomic E-state index is 10.6. The van der Waals surface area contributed by atoms with Gasteiger partial charge in [-0.15, -0.1) is 5.10 Å². The van der Waals surface area contributed by atoms with Crippen molar-refractivity contribution in [3.8, 4) is 0 Å². The monoisotopic (exact) mass is 254 g/mol. The lowest BCUT2D eigenvalue weighted by Gasteiger charge is -2.21. The molecule has 0 amide bonds. The van der Waals surface area contributed by atoms with Crippen LogP contribution in [0, 0.1) is 11.8 Å². The minimum atomic E-state index is -0.836. The van der Waals surface area contributed by atoms with Crippen LogP contribution < -0.4 is 0 Å². The van der Waals surface area contributed by atoms with Crippen LogP contribution in [0.15, 0.2) is 5.16 Å². The van der Waals surface area contributed by atoms with E-state index in [4.69, 9.17) is 5.11 Å². The molecule has 17 heavy (non-hydrogen) atoms. The number of carbonyl (C=O) groups is 1. The van der Waals surface area contributed by atoms with Crippen LogP contribution in [0.3, 0.4) is 0 Å². The predicted molar refractivity (Wildman–Crippen MR) is 60.7 cm³/mol. The van der Waals surface area contributed by atoms with Crippen molar-refractivity contribution < 1.29 is 9.90 Å². The van der Waals surface area contributed by atoms with Gasteiger partial charge in [0.25, 0.3) is 0 Å². The first-order valence-corrected chi connectivity index (χ1v) is 6.85. The molecule has 92 valence electrons. The zero-order chi connectivity index (χ0) is 11.8. The lowest BCUT2D eigenvalue weighted by atomic mass is 9.96. The van der Waals surface area contributed by atoms with Crippen molar-refractivity contribution in [2.75, 3.05) is 5.75 Å². The van der Waals surface area contributed by atoms with Crippen molar-refractivity contribution in [3.05, 3.63) is 0 Å². The lowest BCUT2D eigenvalue weighted by Crippen LogP contribution is -2.18. The SMILES string of the molecule is O=C(O)CSc1nnnn1C1CC2CCC1C2. The van der Waals surface area contributed by atoms with Crippen LogP contribution in [0.5, 0.6) is 0 Å². The molecule has 0 aliphatic heterocycles. The Kier molecular flexibility index (Phi) is 2.78. The van der Waals surface area contributed by atoms with Gasteiger partial charge < -0.3 is 5.11 Å². The molecular weight excluding hydrogens is 240 g/mol. The molecule has 0 spiro atoms. The number of carboxylic acid groups (broad SMARTS) is 1. The number of aromatic nitrogens is 4. The van der Waals surface area contributed by atoms with E-state index in [1.54, 1.807) is 0 Å². The van der Waals surface area contributed by atoms with E-state index < -0.39 is 5.97 Å². The molecule has 0 radical (unpaired) electrons. The summed E-state index contributed by atoms with van der Waals surface area (Å²) in [6.07, 6.45) is 5.03. The van der Waals surface area contributed by atoms with Crippen LogP contribution in [0.4, 0.5) is 0 Å². The highest BCUT2D eigenvalue weighted by atomic mass is 32.2. The summed E-state index contributed by atoms with van der Waals surface area (Å²) in [5, 5.41) is 21.0. The summed E-state index contributed by atoms with van der Waals surface area (Å²) in [5.41, 5.74) is 0. The normalized spacial score (nSPS) is 30.9. The number of hydrogen-bond donors (Lipinski definition) is 1. The molecule has 1 aromatic heterocycles. The van der Waals surface area contributed by atoms with Crippen molar-refractivity contribution >= 4 is 17.7 Å². The van der Waals surface area contributed by atoms with E-state index in [9.17, 15) is 4.79 Å². The van der Waals surface area contributed by atoms with E-state index in [1.165, 1.54) is 31.0 Å². The fourth-order valence-electron chi connectivity index (χ4n) is 3.13. The summed E-state index contributed by atoms with van der Waals surface area (Å²) in [6.45, 7) is 0. The van der Waals surface area contributed by atoms with E-state index in [2.05, 4.69) is 15.5 Å². The minimum absolute atomic E-state index is 0.0151. The van der Waals surface area contributed by atoms with Gasteiger partial charge in [0.1, 0.15) is 0 Å². The minimum Gasteiger partial charge on any atom is -0.481 e. The fourth-order valence-corrected chi connectivity index (χ4v) is 3.78. The quantitative estimate of drug-likeness (QED) is 0.813. The van der Waals surface area contributed by atoms with Gasteiger partial charge in [0.2, 0.25) is 5.16 Å². The average Bonchev–Trinajstić information content (AvgIpc) is 3.01. The molecule has 7 heteroatoms. The highest BCUT2D eigenvalue weighted by Gasteiger charge is 2.42. The Labute approximate surface area is 103 Å². The van der Waals surface area contributed by atoms with Crippen LogP contribution in [0.2, 0.25) is 0 Å². The summed E-state index contributed by atoms with van der Waals surface area (Å²) < 4.78 is 1.84. The second-order valence-corrected chi connectivity index (χ2v) is 5.77. The van der Waals surface area contributed by atoms with Crippen molar-refractivity contribution in [2.24, 2.45) is 11.8 Å². The summed E-state index contributed by atoms with van der Waals surface area (Å²) in [6, 6.07) is 0.389. The van der Waals surface area contributed by atoms with Gasteiger partial charge in [-0.3, -0.25) is 4.79 Å². The zero-order valence-corrected chi connectivity index (χ0v) is 10.1. The second-order valence-electron chi connectivity index (χ2n) is 4.83. The predicted octanol–water partition coefficient (Wildman–Crippen LogP) is 1.21. The molecule has 2 fully saturated rings. The third-order valence-electron chi connectivity index (χ3n) is 3.80. The first-order valence-electron chi connectivity index (χ1n) is 5.86. The second kappa shape index (κ2) is 4.29. The molecule has 0 aromatic carbocycles. The first-order chi connectivity index (χ1) is 8.24. The standard InChI is InChI=1S/C10H14N4O2S/c15-9(16)5-17-10-11-12-13-14(10)8-4-6-1-2-7(8)3-6/h6-8H,1-5H2,(H,15,16). The molecule has 3 atom stereocenters. The lowest BCUT2D eigenvalue weighted by molar-refractivity contribution is -0.133. The molecule has 1 aromatic rings. The van der Waals surface area contributed by atoms with Gasteiger partial charge >= 0.3 is 5.97 Å². The number of hydrogen-bond acceptors (Lipinski definition) is 5. The topological polar surface area (TPSA) is 80.9 Å². The van der Waals surface area contributed by atoms with Gasteiger partial charge in [-0.1, -0.05) is 18.2 Å². The summed E-state index contributed by atoms with van der Waals surface area (Å²) in [5.74, 6) is 0.693. The molecular formula is C10H14N4O2S. The molecule has 3 rings (SSSR count). The van der Waals surface area contributed by atoms with E-state index in [1.807, 2.05) is 4.68 Å². The summed E-state index contributed by atoms with van der Waals surface area (Å²) in [4.78, 5) is 10.6. The molecule has 2 aliphatic rings. The molecule has 1 N–H and O–H groups in total. The van der Waals surface area contributed by atoms with Gasteiger partial charge in [-0.25, -0.2) is 4.68 Å². The van der Waals surface area contributed by atoms with E-state index in [0.717, 1.165) is 12.3 Å². The van der Waals surface area contributed by atoms with E-state index >= 15 is 0 Å². The fraction of sp³-hybridized carbons (Fsp3) is 0.800. The number of fused-ring (bicyclic) bond motifs is 2. The largest absolute Gasteiger partial charge is 0.481 e. The Balaban J connectivity index is 1.74. The molecule has 6 nitrogen and oxygen atoms in total. The smallest absolute Gasteiger partial charge is 0.313 e. The van der Waals surface area contributed by atoms with Gasteiger partial charge in [-0.2, -0.15) is 0 Å². The maximum absolute atomic E-state index is 10.6. The van der Waals surface area contributed by atoms with Gasteiger partial charge in [0.05, 0.1) is 11.8 Å². The van der Waals surface area contributed by atoms with Crippen LogP contribution in [0.1, 0.15) is 31.7 Å². The van der Waals surface area contributed by atoms with Crippen molar-refractivity contribution in [1.29, 1.82) is 0 Å². The van der Waals surface area contributed by atoms with Crippen molar-refractivity contribution in [2.45, 2.75) is 36.9 Å².